The van der Waals surface area contributed by atoms with E-state index < -0.39 is 0 Å². The molecule has 0 unspecified atom stereocenters. The first-order valence-electron chi connectivity index (χ1n) is 6.14. The summed E-state index contributed by atoms with van der Waals surface area (Å²) >= 11 is 0. The number of hydrogen-bond donors (Lipinski definition) is 3. The molecule has 0 atom stereocenters. The van der Waals surface area contributed by atoms with E-state index in [0.29, 0.717) is 13.2 Å². The summed E-state index contributed by atoms with van der Waals surface area (Å²) in [6.45, 7) is 1.06. The van der Waals surface area contributed by atoms with Gasteiger partial charge < -0.3 is 25.4 Å². The monoisotopic (exact) mass is 267 g/mol. The third-order valence-electron chi connectivity index (χ3n) is 2.41. The number of ether oxygens (including phenoxy) is 1. The van der Waals surface area contributed by atoms with Gasteiger partial charge in [0, 0.05) is 32.0 Å². The zero-order chi connectivity index (χ0) is 14.1. The zero-order valence-corrected chi connectivity index (χ0v) is 11.3. The van der Waals surface area contributed by atoms with Crippen LogP contribution in [0, 0.1) is 0 Å². The second-order valence-corrected chi connectivity index (χ2v) is 4.16. The zero-order valence-electron chi connectivity index (χ0n) is 11.3. The number of aliphatic hydroxyl groups excluding tert-OH is 1. The lowest BCUT2D eigenvalue weighted by Crippen LogP contribution is -2.31. The number of carbonyl (C=O) groups excluding carboxylic acids is 1. The molecular weight excluding hydrogens is 246 g/mol. The maximum atomic E-state index is 11.5. The van der Waals surface area contributed by atoms with E-state index in [9.17, 15) is 4.79 Å². The Bertz CT molecular complexity index is 379. The predicted octanol–water partition coefficient (Wildman–Crippen LogP) is 0.883. The number of nitrogens with one attached hydrogen (secondary N) is 2. The van der Waals surface area contributed by atoms with Gasteiger partial charge in [-0.3, -0.25) is 0 Å². The van der Waals surface area contributed by atoms with Gasteiger partial charge in [-0.25, -0.2) is 4.79 Å². The minimum Gasteiger partial charge on any atom is -0.394 e. The quantitative estimate of drug-likeness (QED) is 0.641. The first-order valence-corrected chi connectivity index (χ1v) is 6.14. The molecule has 6 heteroatoms. The Morgan fingerprint density at radius 3 is 2.53 bits per heavy atom. The van der Waals surface area contributed by atoms with Crippen LogP contribution in [0.5, 0.6) is 0 Å². The molecule has 0 heterocycles. The van der Waals surface area contributed by atoms with Gasteiger partial charge in [0.1, 0.15) is 0 Å². The van der Waals surface area contributed by atoms with Gasteiger partial charge in [0.15, 0.2) is 0 Å². The van der Waals surface area contributed by atoms with Crippen molar-refractivity contribution in [3.63, 3.8) is 0 Å². The lowest BCUT2D eigenvalue weighted by molar-refractivity contribution is 0.0950. The Kier molecular flexibility index (Phi) is 6.70. The van der Waals surface area contributed by atoms with Gasteiger partial charge in [-0.05, 0) is 24.3 Å². The lowest BCUT2D eigenvalue weighted by atomic mass is 10.2. The summed E-state index contributed by atoms with van der Waals surface area (Å²) in [5.74, 6) is 0. The van der Waals surface area contributed by atoms with E-state index in [1.54, 1.807) is 0 Å². The first-order chi connectivity index (χ1) is 9.13. The highest BCUT2D eigenvalue weighted by Gasteiger charge is 2.01. The molecule has 0 fully saturated rings. The number of anilines is 2. The van der Waals surface area contributed by atoms with Gasteiger partial charge >= 0.3 is 6.03 Å². The standard InChI is InChI=1S/C13H21N3O3/c1-16(2)12-5-3-11(4-6-12)15-13(18)14-7-9-19-10-8-17/h3-6,17H,7-10H2,1-2H3,(H2,14,15,18). The molecule has 0 spiro atoms. The van der Waals surface area contributed by atoms with Crippen molar-refractivity contribution >= 4 is 17.4 Å². The maximum Gasteiger partial charge on any atom is 0.319 e. The molecule has 106 valence electrons. The second-order valence-electron chi connectivity index (χ2n) is 4.16. The van der Waals surface area contributed by atoms with Crippen LogP contribution in [0.15, 0.2) is 24.3 Å². The van der Waals surface area contributed by atoms with Crippen LogP contribution < -0.4 is 15.5 Å². The highest BCUT2D eigenvalue weighted by Crippen LogP contribution is 2.15. The molecule has 0 aliphatic rings. The highest BCUT2D eigenvalue weighted by molar-refractivity contribution is 5.89. The Morgan fingerprint density at radius 2 is 1.95 bits per heavy atom. The largest absolute Gasteiger partial charge is 0.394 e. The Labute approximate surface area is 113 Å². The van der Waals surface area contributed by atoms with Crippen molar-refractivity contribution < 1.29 is 14.6 Å². The average molecular weight is 267 g/mol. The smallest absolute Gasteiger partial charge is 0.319 e. The van der Waals surface area contributed by atoms with E-state index in [0.717, 1.165) is 11.4 Å². The lowest BCUT2D eigenvalue weighted by Gasteiger charge is -2.13. The summed E-state index contributed by atoms with van der Waals surface area (Å²) < 4.78 is 5.03. The third kappa shape index (κ3) is 6.08. The summed E-state index contributed by atoms with van der Waals surface area (Å²) in [5, 5.41) is 13.9. The summed E-state index contributed by atoms with van der Waals surface area (Å²) in [4.78, 5) is 13.5. The molecule has 0 aliphatic heterocycles. The maximum absolute atomic E-state index is 11.5. The van der Waals surface area contributed by atoms with Crippen molar-refractivity contribution in [2.24, 2.45) is 0 Å². The molecule has 1 aromatic rings. The molecule has 0 saturated heterocycles. The number of rotatable bonds is 7. The van der Waals surface area contributed by atoms with Crippen molar-refractivity contribution in [2.75, 3.05) is 50.7 Å². The topological polar surface area (TPSA) is 73.8 Å². The van der Waals surface area contributed by atoms with Crippen LogP contribution in [-0.2, 0) is 4.74 Å². The molecule has 19 heavy (non-hydrogen) atoms. The van der Waals surface area contributed by atoms with Crippen molar-refractivity contribution in [1.29, 1.82) is 0 Å². The summed E-state index contributed by atoms with van der Waals surface area (Å²) in [6.07, 6.45) is 0. The highest BCUT2D eigenvalue weighted by atomic mass is 16.5. The molecule has 1 rings (SSSR count). The van der Waals surface area contributed by atoms with Crippen LogP contribution in [0.3, 0.4) is 0 Å². The molecular formula is C13H21N3O3. The number of carbonyl (C=O) groups is 1. The summed E-state index contributed by atoms with van der Waals surface area (Å²) in [6, 6.07) is 7.28. The fraction of sp³-hybridized carbons (Fsp3) is 0.462. The van der Waals surface area contributed by atoms with Crippen molar-refractivity contribution in [3.8, 4) is 0 Å². The van der Waals surface area contributed by atoms with Crippen LogP contribution in [0.2, 0.25) is 0 Å². The Balaban J connectivity index is 2.28. The molecule has 6 nitrogen and oxygen atoms in total. The van der Waals surface area contributed by atoms with Gasteiger partial charge in [-0.2, -0.15) is 0 Å². The molecule has 0 aliphatic carbocycles. The van der Waals surface area contributed by atoms with Gasteiger partial charge in [0.05, 0.1) is 19.8 Å². The van der Waals surface area contributed by atoms with Crippen LogP contribution in [0.4, 0.5) is 16.2 Å². The van der Waals surface area contributed by atoms with Crippen molar-refractivity contribution in [3.05, 3.63) is 24.3 Å². The van der Waals surface area contributed by atoms with Gasteiger partial charge in [0.2, 0.25) is 0 Å². The van der Waals surface area contributed by atoms with Crippen LogP contribution >= 0.6 is 0 Å². The van der Waals surface area contributed by atoms with Crippen molar-refractivity contribution in [2.45, 2.75) is 0 Å². The van der Waals surface area contributed by atoms with E-state index >= 15 is 0 Å². The number of amides is 2. The molecule has 1 aromatic carbocycles. The van der Waals surface area contributed by atoms with E-state index in [2.05, 4.69) is 10.6 Å². The van der Waals surface area contributed by atoms with Gasteiger partial charge in [-0.15, -0.1) is 0 Å². The van der Waals surface area contributed by atoms with E-state index in [1.165, 1.54) is 0 Å². The normalized spacial score (nSPS) is 10.1. The number of urea groups is 1. The predicted molar refractivity (Wildman–Crippen MR) is 75.7 cm³/mol. The number of nitrogens with zero attached hydrogens (tertiary/aromatic N) is 1. The Hall–Kier alpha value is -1.79. The fourth-order valence-electron chi connectivity index (χ4n) is 1.42. The third-order valence-corrected chi connectivity index (χ3v) is 2.41. The van der Waals surface area contributed by atoms with E-state index in [4.69, 9.17) is 9.84 Å². The summed E-state index contributed by atoms with van der Waals surface area (Å²) in [5.41, 5.74) is 1.81. The van der Waals surface area contributed by atoms with Crippen LogP contribution in [0.1, 0.15) is 0 Å². The van der Waals surface area contributed by atoms with E-state index in [-0.39, 0.29) is 19.2 Å². The SMILES string of the molecule is CN(C)c1ccc(NC(=O)NCCOCCO)cc1. The minimum absolute atomic E-state index is 0.00950. The fourth-order valence-corrected chi connectivity index (χ4v) is 1.42. The Morgan fingerprint density at radius 1 is 1.26 bits per heavy atom. The van der Waals surface area contributed by atoms with Crippen LogP contribution in [0.25, 0.3) is 0 Å². The molecule has 0 saturated carbocycles. The van der Waals surface area contributed by atoms with Crippen LogP contribution in [-0.4, -0.2) is 51.6 Å². The molecule has 2 amide bonds. The van der Waals surface area contributed by atoms with Gasteiger partial charge in [-0.1, -0.05) is 0 Å². The number of aliphatic hydroxyl groups is 1. The summed E-state index contributed by atoms with van der Waals surface area (Å²) in [7, 11) is 3.92. The molecule has 0 bridgehead atoms. The molecule has 0 aromatic heterocycles. The number of benzene rings is 1. The first kappa shape index (κ1) is 15.3. The van der Waals surface area contributed by atoms with Gasteiger partial charge in [0.25, 0.3) is 0 Å². The molecule has 3 N–H and O–H groups in total. The minimum atomic E-state index is -0.273. The number of hydrogen-bond acceptors (Lipinski definition) is 4. The second kappa shape index (κ2) is 8.34. The average Bonchev–Trinajstić information content (AvgIpc) is 2.39. The van der Waals surface area contributed by atoms with Crippen molar-refractivity contribution in [1.82, 2.24) is 5.32 Å². The molecule has 0 radical (unpaired) electrons. The van der Waals surface area contributed by atoms with E-state index in [1.807, 2.05) is 43.3 Å².